The van der Waals surface area contributed by atoms with E-state index >= 15 is 0 Å². The summed E-state index contributed by atoms with van der Waals surface area (Å²) in [5, 5.41) is 28.4. The largest absolute Gasteiger partial charge is 0.465 e. The Balaban J connectivity index is 0.000000568. The summed E-state index contributed by atoms with van der Waals surface area (Å²) >= 11 is 1.80. The van der Waals surface area contributed by atoms with Crippen LogP contribution in [-0.4, -0.2) is 82.4 Å². The molecule has 2 aromatic heterocycles. The van der Waals surface area contributed by atoms with Crippen LogP contribution in [0.4, 0.5) is 14.6 Å². The second kappa shape index (κ2) is 12.7. The van der Waals surface area contributed by atoms with E-state index in [0.717, 1.165) is 49.7 Å². The Morgan fingerprint density at radius 1 is 1.27 bits per heavy atom. The minimum Gasteiger partial charge on any atom is -0.465 e. The number of carbonyl (C=O) groups excluding carboxylic acids is 1. The topological polar surface area (TPSA) is 134 Å². The molecule has 0 bridgehead atoms. The van der Waals surface area contributed by atoms with Crippen LogP contribution in [0.15, 0.2) is 23.2 Å². The summed E-state index contributed by atoms with van der Waals surface area (Å²) in [7, 11) is 2.07. The van der Waals surface area contributed by atoms with Gasteiger partial charge in [-0.1, -0.05) is 0 Å². The Kier molecular flexibility index (Phi) is 9.88. The molecule has 3 heterocycles. The molecule has 0 amide bonds. The highest BCUT2D eigenvalue weighted by Gasteiger charge is 2.43. The first-order valence-corrected chi connectivity index (χ1v) is 13.3. The Labute approximate surface area is 222 Å². The van der Waals surface area contributed by atoms with Gasteiger partial charge in [-0.15, -0.1) is 0 Å². The van der Waals surface area contributed by atoms with Gasteiger partial charge >= 0.3 is 0 Å². The summed E-state index contributed by atoms with van der Waals surface area (Å²) in [6, 6.07) is 6.14. The molecule has 0 aromatic carbocycles. The van der Waals surface area contributed by atoms with E-state index in [9.17, 15) is 18.8 Å². The molecule has 3 N–H and O–H groups in total. The van der Waals surface area contributed by atoms with Gasteiger partial charge in [-0.05, 0) is 69.6 Å². The van der Waals surface area contributed by atoms with Gasteiger partial charge in [0.15, 0.2) is 0 Å². The number of fused-ring (bicyclic) bond motifs is 1. The van der Waals surface area contributed by atoms with Crippen LogP contribution < -0.4 is 9.62 Å². The van der Waals surface area contributed by atoms with Crippen LogP contribution in [0.2, 0.25) is 0 Å². The number of nitriles is 1. The van der Waals surface area contributed by atoms with Crippen LogP contribution in [0.1, 0.15) is 32.3 Å². The number of piperazine rings is 1. The van der Waals surface area contributed by atoms with E-state index in [2.05, 4.69) is 37.5 Å². The van der Waals surface area contributed by atoms with Crippen molar-refractivity contribution >= 4 is 51.6 Å². The van der Waals surface area contributed by atoms with Gasteiger partial charge < -0.3 is 14.5 Å². The Bertz CT molecular complexity index is 1170. The third-order valence-electron chi connectivity index (χ3n) is 5.71. The fourth-order valence-electron chi connectivity index (χ4n) is 3.38. The quantitative estimate of drug-likeness (QED) is 0.194. The number of anilines is 1. The molecule has 1 aliphatic carbocycles. The molecule has 0 radical (unpaired) electrons. The Hall–Kier alpha value is -2.73. The number of likely N-dealkylation sites (N-methyl/N-ethyl adjacent to an activating group) is 1. The van der Waals surface area contributed by atoms with Crippen LogP contribution in [-0.2, 0) is 9.53 Å². The summed E-state index contributed by atoms with van der Waals surface area (Å²) in [5.74, 6) is 0.852. The first-order chi connectivity index (χ1) is 17.6. The monoisotopic (exact) mass is 552 g/mol. The molecule has 0 unspecified atom stereocenters. The molecule has 10 nitrogen and oxygen atoms in total. The second-order valence-electron chi connectivity index (χ2n) is 8.97. The summed E-state index contributed by atoms with van der Waals surface area (Å²) in [6.07, 6.45) is 0.215. The van der Waals surface area contributed by atoms with Crippen molar-refractivity contribution < 1.29 is 18.3 Å². The lowest BCUT2D eigenvalue weighted by atomic mass is 10.2. The van der Waals surface area contributed by atoms with Gasteiger partial charge in [-0.25, -0.2) is 18.0 Å². The number of nitrogens with one attached hydrogen (secondary N) is 3. The highest BCUT2D eigenvalue weighted by molar-refractivity contribution is 8.26. The lowest BCUT2D eigenvalue weighted by Crippen LogP contribution is -2.45. The maximum atomic E-state index is 12.8. The summed E-state index contributed by atoms with van der Waals surface area (Å²) in [4.78, 5) is 14.7. The highest BCUT2D eigenvalue weighted by atomic mass is 32.2. The van der Waals surface area contributed by atoms with Gasteiger partial charge in [-0.2, -0.15) is 10.4 Å². The smallest absolute Gasteiger partial charge is 0.293 e. The molecular formula is C23H30F2N8O2S2. The minimum atomic E-state index is -2.91. The molecule has 0 atom stereocenters. The zero-order valence-corrected chi connectivity index (χ0v) is 22.5. The number of thioether (sulfide) groups is 1. The van der Waals surface area contributed by atoms with Crippen molar-refractivity contribution in [2.24, 2.45) is 0 Å². The molecule has 1 saturated heterocycles. The maximum Gasteiger partial charge on any atom is 0.293 e. The number of hydrogen-bond acceptors (Lipinski definition) is 11. The van der Waals surface area contributed by atoms with Gasteiger partial charge in [0.05, 0.1) is 29.5 Å². The standard InChI is InChI=1S/C19H22F2N8S2.C4H8O2/c1-27-4-6-28(7-5-27)15-9-12(31-26-19(11-22)2-3-19)8-14-13(10-25-29(14)15)17(23)30-18(24)16(20)21;1-4(2)6-3-5/h8-10,16,23-24,26H,2-7H2,1H3;3-4H,1-2H3. The van der Waals surface area contributed by atoms with Gasteiger partial charge in [0.25, 0.3) is 12.9 Å². The van der Waals surface area contributed by atoms with Gasteiger partial charge in [0.1, 0.15) is 21.4 Å². The number of ether oxygens (including phenoxy) is 1. The van der Waals surface area contributed by atoms with E-state index < -0.39 is 17.0 Å². The maximum absolute atomic E-state index is 12.8. The lowest BCUT2D eigenvalue weighted by Gasteiger charge is -2.34. The highest BCUT2D eigenvalue weighted by Crippen LogP contribution is 2.38. The number of alkyl halides is 2. The Morgan fingerprint density at radius 3 is 2.46 bits per heavy atom. The second-order valence-corrected chi connectivity index (χ2v) is 10.9. The predicted molar refractivity (Wildman–Crippen MR) is 142 cm³/mol. The lowest BCUT2D eigenvalue weighted by molar-refractivity contribution is -0.131. The molecule has 1 aliphatic heterocycles. The fraction of sp³-hybridized carbons (Fsp3) is 0.522. The van der Waals surface area contributed by atoms with Crippen LogP contribution >= 0.6 is 23.7 Å². The van der Waals surface area contributed by atoms with Gasteiger partial charge in [0, 0.05) is 31.1 Å². The molecule has 4 rings (SSSR count). The number of aromatic nitrogens is 2. The number of hydrogen-bond donors (Lipinski definition) is 3. The summed E-state index contributed by atoms with van der Waals surface area (Å²) in [5.41, 5.74) is 0.514. The van der Waals surface area contributed by atoms with Crippen LogP contribution in [0.3, 0.4) is 0 Å². The van der Waals surface area contributed by atoms with E-state index in [1.54, 1.807) is 18.4 Å². The molecule has 14 heteroatoms. The van der Waals surface area contributed by atoms with Crippen molar-refractivity contribution in [2.75, 3.05) is 38.1 Å². The number of carbonyl (C=O) groups is 1. The zero-order valence-electron chi connectivity index (χ0n) is 20.8. The SMILES string of the molecule is CC(C)OC=O.CN1CCN(c2cc(SNC3(C#N)CC3)cc3c(C(=N)SC(=N)C(F)F)cnn23)CC1. The van der Waals surface area contributed by atoms with E-state index in [4.69, 9.17) is 10.8 Å². The predicted octanol–water partition coefficient (Wildman–Crippen LogP) is 3.61. The molecule has 200 valence electrons. The average molecular weight is 553 g/mol. The van der Waals surface area contributed by atoms with Crippen molar-refractivity contribution in [3.8, 4) is 6.07 Å². The third-order valence-corrected chi connectivity index (χ3v) is 7.50. The minimum absolute atomic E-state index is 0.0301. The number of nitrogens with zero attached hydrogens (tertiary/aromatic N) is 5. The normalized spacial score (nSPS) is 16.8. The van der Waals surface area contributed by atoms with E-state index in [-0.39, 0.29) is 11.1 Å². The summed E-state index contributed by atoms with van der Waals surface area (Å²) < 4.78 is 34.9. The average Bonchev–Trinajstić information content (AvgIpc) is 3.52. The van der Waals surface area contributed by atoms with Gasteiger partial charge in [0.2, 0.25) is 0 Å². The zero-order chi connectivity index (χ0) is 27.2. The van der Waals surface area contributed by atoms with Crippen LogP contribution in [0.5, 0.6) is 0 Å². The van der Waals surface area contributed by atoms with Crippen LogP contribution in [0.25, 0.3) is 5.52 Å². The first kappa shape index (κ1) is 28.8. The van der Waals surface area contributed by atoms with Crippen molar-refractivity contribution in [3.63, 3.8) is 0 Å². The Morgan fingerprint density at radius 2 is 1.95 bits per heavy atom. The molecule has 37 heavy (non-hydrogen) atoms. The molecule has 0 spiro atoms. The van der Waals surface area contributed by atoms with Crippen molar-refractivity contribution in [3.05, 3.63) is 23.9 Å². The van der Waals surface area contributed by atoms with E-state index in [1.807, 2.05) is 12.1 Å². The first-order valence-electron chi connectivity index (χ1n) is 11.6. The van der Waals surface area contributed by atoms with E-state index in [1.165, 1.54) is 18.1 Å². The van der Waals surface area contributed by atoms with Crippen molar-refractivity contribution in [2.45, 2.75) is 49.7 Å². The fourth-order valence-corrected chi connectivity index (χ4v) is 4.85. The molecule has 2 aliphatic rings. The third kappa shape index (κ3) is 7.64. The molecule has 2 aromatic rings. The van der Waals surface area contributed by atoms with Crippen molar-refractivity contribution in [1.29, 1.82) is 16.1 Å². The molecule has 2 fully saturated rings. The van der Waals surface area contributed by atoms with Crippen LogP contribution in [0, 0.1) is 22.1 Å². The number of pyridine rings is 1. The number of rotatable bonds is 8. The summed E-state index contributed by atoms with van der Waals surface area (Å²) in [6.45, 7) is 7.48. The van der Waals surface area contributed by atoms with E-state index in [0.29, 0.717) is 29.3 Å². The molecule has 1 saturated carbocycles. The molecular weight excluding hydrogens is 522 g/mol. The van der Waals surface area contributed by atoms with Crippen molar-refractivity contribution in [1.82, 2.24) is 19.2 Å². The number of halogens is 2. The van der Waals surface area contributed by atoms with Gasteiger partial charge in [-0.3, -0.25) is 15.6 Å².